The Labute approximate surface area is 190 Å². The molecular weight excluding hydrogens is 436 g/mol. The minimum atomic E-state index is -0.873. The Kier molecular flexibility index (Phi) is 7.98. The highest BCUT2D eigenvalue weighted by molar-refractivity contribution is 8.15. The molecule has 0 bridgehead atoms. The van der Waals surface area contributed by atoms with E-state index in [1.54, 1.807) is 12.0 Å². The van der Waals surface area contributed by atoms with E-state index in [9.17, 15) is 18.4 Å². The molecule has 9 heteroatoms. The van der Waals surface area contributed by atoms with Gasteiger partial charge in [-0.05, 0) is 49.6 Å². The smallest absolute Gasteiger partial charge is 0.242 e. The van der Waals surface area contributed by atoms with Gasteiger partial charge >= 0.3 is 0 Å². The lowest BCUT2D eigenvalue weighted by molar-refractivity contribution is -0.128. The fraction of sp³-hybridized carbons (Fsp3) is 0.348. The van der Waals surface area contributed by atoms with Gasteiger partial charge in [0.15, 0.2) is 5.17 Å². The summed E-state index contributed by atoms with van der Waals surface area (Å²) < 4.78 is 32.0. The van der Waals surface area contributed by atoms with Crippen LogP contribution >= 0.6 is 11.8 Å². The Morgan fingerprint density at radius 2 is 2.00 bits per heavy atom. The number of hydrogen-bond acceptors (Lipinski definition) is 5. The first-order valence-electron chi connectivity index (χ1n) is 10.2. The summed E-state index contributed by atoms with van der Waals surface area (Å²) in [6, 6.07) is 8.80. The number of anilines is 1. The minimum absolute atomic E-state index is 0.131. The zero-order valence-electron chi connectivity index (χ0n) is 18.2. The van der Waals surface area contributed by atoms with E-state index < -0.39 is 22.8 Å². The summed E-state index contributed by atoms with van der Waals surface area (Å²) in [5.41, 5.74) is 2.65. The molecule has 1 unspecified atom stereocenters. The summed E-state index contributed by atoms with van der Waals surface area (Å²) in [7, 11) is 1.59. The van der Waals surface area contributed by atoms with Crippen LogP contribution in [0.4, 0.5) is 20.2 Å². The second-order valence-electron chi connectivity index (χ2n) is 7.50. The molecule has 1 N–H and O–H groups in total. The third-order valence-corrected chi connectivity index (χ3v) is 6.08. The molecule has 0 radical (unpaired) electrons. The van der Waals surface area contributed by atoms with E-state index in [0.29, 0.717) is 30.8 Å². The van der Waals surface area contributed by atoms with Crippen molar-refractivity contribution in [2.24, 2.45) is 4.99 Å². The molecule has 1 fully saturated rings. The summed E-state index contributed by atoms with van der Waals surface area (Å²) in [4.78, 5) is 31.8. The molecule has 6 nitrogen and oxygen atoms in total. The number of nitrogens with zero attached hydrogens (tertiary/aromatic N) is 2. The van der Waals surface area contributed by atoms with Gasteiger partial charge < -0.3 is 10.1 Å². The van der Waals surface area contributed by atoms with Crippen LogP contribution < -0.4 is 5.32 Å². The van der Waals surface area contributed by atoms with E-state index in [2.05, 4.69) is 5.32 Å². The highest BCUT2D eigenvalue weighted by Crippen LogP contribution is 2.33. The third kappa shape index (κ3) is 5.92. The highest BCUT2D eigenvalue weighted by atomic mass is 32.2. The summed E-state index contributed by atoms with van der Waals surface area (Å²) >= 11 is 1.21. The number of methoxy groups -OCH3 is 1. The van der Waals surface area contributed by atoms with Crippen LogP contribution in [0.5, 0.6) is 0 Å². The molecule has 1 saturated heterocycles. The van der Waals surface area contributed by atoms with Crippen LogP contribution in [0.2, 0.25) is 0 Å². The molecule has 3 rings (SSSR count). The van der Waals surface area contributed by atoms with Crippen molar-refractivity contribution in [3.63, 3.8) is 0 Å². The molecule has 0 aliphatic carbocycles. The van der Waals surface area contributed by atoms with Crippen molar-refractivity contribution in [1.29, 1.82) is 0 Å². The van der Waals surface area contributed by atoms with Gasteiger partial charge in [-0.3, -0.25) is 14.5 Å². The van der Waals surface area contributed by atoms with E-state index in [0.717, 1.165) is 28.9 Å². The Morgan fingerprint density at radius 3 is 2.72 bits per heavy atom. The van der Waals surface area contributed by atoms with Crippen molar-refractivity contribution in [3.8, 4) is 0 Å². The Bertz CT molecular complexity index is 1050. The number of nitrogens with one attached hydrogen (secondary N) is 1. The highest BCUT2D eigenvalue weighted by Gasteiger charge is 2.39. The number of aliphatic imine (C=N–C) groups is 1. The molecule has 2 aromatic rings. The fourth-order valence-corrected chi connectivity index (χ4v) is 4.38. The van der Waals surface area contributed by atoms with E-state index in [4.69, 9.17) is 9.73 Å². The lowest BCUT2D eigenvalue weighted by Gasteiger charge is -2.16. The fourth-order valence-electron chi connectivity index (χ4n) is 3.20. The van der Waals surface area contributed by atoms with Crippen LogP contribution in [-0.2, 0) is 14.3 Å². The molecule has 2 amide bonds. The zero-order valence-corrected chi connectivity index (χ0v) is 19.0. The molecule has 2 aromatic carbocycles. The molecule has 1 aliphatic heterocycles. The van der Waals surface area contributed by atoms with Crippen molar-refractivity contribution < 1.29 is 23.1 Å². The van der Waals surface area contributed by atoms with Gasteiger partial charge in [-0.1, -0.05) is 23.9 Å². The number of hydrogen-bond donors (Lipinski definition) is 1. The van der Waals surface area contributed by atoms with E-state index in [-0.39, 0.29) is 18.0 Å². The number of ether oxygens (including phenoxy) is 1. The SMILES string of the molecule is COCCCN1C(=O)C(CC(=O)Nc2ccc(F)cc2F)SC1=Nc1cc(C)ccc1C. The number of carbonyl (C=O) groups is 2. The number of halogens is 2. The zero-order chi connectivity index (χ0) is 23.3. The van der Waals surface area contributed by atoms with Gasteiger partial charge in [0, 0.05) is 32.7 Å². The Balaban J connectivity index is 1.78. The second-order valence-corrected chi connectivity index (χ2v) is 8.67. The van der Waals surface area contributed by atoms with E-state index >= 15 is 0 Å². The van der Waals surface area contributed by atoms with Crippen molar-refractivity contribution in [2.75, 3.05) is 25.6 Å². The molecular formula is C23H25F2N3O3S. The van der Waals surface area contributed by atoms with Crippen molar-refractivity contribution in [3.05, 3.63) is 59.2 Å². The average molecular weight is 462 g/mol. The predicted molar refractivity (Wildman–Crippen MR) is 122 cm³/mol. The maximum atomic E-state index is 13.8. The van der Waals surface area contributed by atoms with Gasteiger partial charge in [-0.2, -0.15) is 0 Å². The molecule has 170 valence electrons. The normalized spacial score (nSPS) is 17.3. The van der Waals surface area contributed by atoms with Crippen molar-refractivity contribution >= 4 is 40.1 Å². The Morgan fingerprint density at radius 1 is 1.22 bits per heavy atom. The van der Waals surface area contributed by atoms with Crippen molar-refractivity contribution in [2.45, 2.75) is 31.9 Å². The van der Waals surface area contributed by atoms with Gasteiger partial charge in [0.2, 0.25) is 11.8 Å². The minimum Gasteiger partial charge on any atom is -0.385 e. The summed E-state index contributed by atoms with van der Waals surface area (Å²) in [6.45, 7) is 4.81. The largest absolute Gasteiger partial charge is 0.385 e. The Hall–Kier alpha value is -2.78. The number of thioether (sulfide) groups is 1. The number of amides is 2. The van der Waals surface area contributed by atoms with Crippen LogP contribution in [-0.4, -0.2) is 47.4 Å². The quantitative estimate of drug-likeness (QED) is 0.585. The van der Waals surface area contributed by atoms with Gasteiger partial charge in [0.1, 0.15) is 16.9 Å². The van der Waals surface area contributed by atoms with Crippen LogP contribution in [0.1, 0.15) is 24.0 Å². The molecule has 0 saturated carbocycles. The van der Waals surface area contributed by atoms with Crippen LogP contribution in [0.25, 0.3) is 0 Å². The first-order chi connectivity index (χ1) is 15.3. The van der Waals surface area contributed by atoms with Gasteiger partial charge in [0.05, 0.1) is 11.4 Å². The maximum Gasteiger partial charge on any atom is 0.242 e. The topological polar surface area (TPSA) is 71.0 Å². The summed E-state index contributed by atoms with van der Waals surface area (Å²) in [5.74, 6) is -2.38. The van der Waals surface area contributed by atoms with Crippen LogP contribution in [0, 0.1) is 25.5 Å². The summed E-state index contributed by atoms with van der Waals surface area (Å²) in [6.07, 6.45) is 0.460. The number of carbonyl (C=O) groups excluding carboxylic acids is 2. The van der Waals surface area contributed by atoms with Gasteiger partial charge in [-0.25, -0.2) is 13.8 Å². The number of benzene rings is 2. The standard InChI is InChI=1S/C23H25F2N3O3S/c1-14-5-6-15(2)19(11-14)27-23-28(9-4-10-31-3)22(30)20(32-23)13-21(29)26-18-8-7-16(24)12-17(18)25/h5-8,11-12,20H,4,9-10,13H2,1-3H3,(H,26,29). The number of aryl methyl sites for hydroxylation is 2. The molecule has 32 heavy (non-hydrogen) atoms. The number of rotatable bonds is 8. The average Bonchev–Trinajstić information content (AvgIpc) is 3.02. The van der Waals surface area contributed by atoms with Gasteiger partial charge in [-0.15, -0.1) is 0 Å². The van der Waals surface area contributed by atoms with Crippen molar-refractivity contribution in [1.82, 2.24) is 4.90 Å². The molecule has 0 aromatic heterocycles. The third-order valence-electron chi connectivity index (χ3n) is 4.91. The predicted octanol–water partition coefficient (Wildman–Crippen LogP) is 4.58. The van der Waals surface area contributed by atoms with Gasteiger partial charge in [0.25, 0.3) is 0 Å². The first-order valence-corrected chi connectivity index (χ1v) is 11.0. The van der Waals surface area contributed by atoms with E-state index in [1.807, 2.05) is 32.0 Å². The second kappa shape index (κ2) is 10.7. The molecule has 1 heterocycles. The van der Waals surface area contributed by atoms with Crippen LogP contribution in [0.15, 0.2) is 41.4 Å². The monoisotopic (exact) mass is 461 g/mol. The number of amidine groups is 1. The first kappa shape index (κ1) is 23.9. The summed E-state index contributed by atoms with van der Waals surface area (Å²) in [5, 5.41) is 2.24. The molecule has 1 atom stereocenters. The van der Waals surface area contributed by atoms with E-state index in [1.165, 1.54) is 11.8 Å². The molecule has 1 aliphatic rings. The molecule has 0 spiro atoms. The van der Waals surface area contributed by atoms with Crippen LogP contribution in [0.3, 0.4) is 0 Å². The maximum absolute atomic E-state index is 13.8. The lowest BCUT2D eigenvalue weighted by Crippen LogP contribution is -2.34. The lowest BCUT2D eigenvalue weighted by atomic mass is 10.1.